The molecular weight excluding hydrogens is 316 g/mol. The Labute approximate surface area is 142 Å². The van der Waals surface area contributed by atoms with Crippen molar-refractivity contribution in [2.24, 2.45) is 0 Å². The molecule has 0 saturated carbocycles. The van der Waals surface area contributed by atoms with Crippen LogP contribution in [0.5, 0.6) is 5.75 Å². The molecule has 118 valence electrons. The minimum Gasteiger partial charge on any atom is -0.494 e. The maximum absolute atomic E-state index is 5.84. The molecule has 22 heavy (non-hydrogen) atoms. The van der Waals surface area contributed by atoms with Gasteiger partial charge in [-0.1, -0.05) is 23.9 Å². The van der Waals surface area contributed by atoms with Gasteiger partial charge in [0.15, 0.2) is 0 Å². The standard InChI is InChI=1S/C17H20N2OS.ClH/c1-19(2)10-5-11-20-13-8-9-15-17(12-13)21-16-7-4-3-6-14(16)18-15;/h3-4,6-9,12,18H,5,10-11H2,1-2H3;1H. The van der Waals surface area contributed by atoms with Gasteiger partial charge in [0.05, 0.1) is 18.0 Å². The van der Waals surface area contributed by atoms with E-state index >= 15 is 0 Å². The van der Waals surface area contributed by atoms with Gasteiger partial charge in [-0.05, 0) is 50.8 Å². The minimum absolute atomic E-state index is 0. The van der Waals surface area contributed by atoms with E-state index in [2.05, 4.69) is 60.7 Å². The van der Waals surface area contributed by atoms with E-state index in [4.69, 9.17) is 4.74 Å². The number of halogens is 1. The second kappa shape index (κ2) is 7.77. The Bertz CT molecular complexity index is 634. The van der Waals surface area contributed by atoms with Gasteiger partial charge in [0.1, 0.15) is 5.75 Å². The van der Waals surface area contributed by atoms with Crippen LogP contribution in [-0.2, 0) is 0 Å². The molecule has 0 fully saturated rings. The van der Waals surface area contributed by atoms with Crippen molar-refractivity contribution in [1.82, 2.24) is 4.90 Å². The fourth-order valence-corrected chi connectivity index (χ4v) is 3.29. The van der Waals surface area contributed by atoms with Crippen LogP contribution in [-0.4, -0.2) is 32.1 Å². The van der Waals surface area contributed by atoms with Gasteiger partial charge in [-0.3, -0.25) is 0 Å². The van der Waals surface area contributed by atoms with Gasteiger partial charge in [0.25, 0.3) is 0 Å². The molecule has 5 heteroatoms. The summed E-state index contributed by atoms with van der Waals surface area (Å²) in [4.78, 5) is 4.65. The summed E-state index contributed by atoms with van der Waals surface area (Å²) in [5, 5.41) is 3.47. The molecule has 0 saturated heterocycles. The molecule has 0 aromatic heterocycles. The zero-order valence-corrected chi connectivity index (χ0v) is 14.5. The summed E-state index contributed by atoms with van der Waals surface area (Å²) in [6, 6.07) is 14.6. The molecule has 0 atom stereocenters. The molecule has 2 aromatic carbocycles. The number of nitrogens with zero attached hydrogens (tertiary/aromatic N) is 1. The lowest BCUT2D eigenvalue weighted by Crippen LogP contribution is -2.15. The predicted octanol–water partition coefficient (Wildman–Crippen LogP) is 4.65. The molecule has 0 unspecified atom stereocenters. The number of hydrogen-bond donors (Lipinski definition) is 1. The zero-order chi connectivity index (χ0) is 14.7. The van der Waals surface area contributed by atoms with Crippen LogP contribution in [0.4, 0.5) is 11.4 Å². The smallest absolute Gasteiger partial charge is 0.120 e. The first-order chi connectivity index (χ1) is 10.2. The molecule has 0 spiro atoms. The quantitative estimate of drug-likeness (QED) is 0.685. The van der Waals surface area contributed by atoms with Crippen LogP contribution in [0.15, 0.2) is 52.3 Å². The van der Waals surface area contributed by atoms with Crippen molar-refractivity contribution in [2.45, 2.75) is 16.2 Å². The van der Waals surface area contributed by atoms with Gasteiger partial charge < -0.3 is 15.0 Å². The fourth-order valence-electron chi connectivity index (χ4n) is 2.27. The molecule has 1 heterocycles. The minimum atomic E-state index is 0. The van der Waals surface area contributed by atoms with Gasteiger partial charge in [-0.25, -0.2) is 0 Å². The van der Waals surface area contributed by atoms with E-state index in [0.717, 1.165) is 31.0 Å². The third-order valence-corrected chi connectivity index (χ3v) is 4.48. The van der Waals surface area contributed by atoms with E-state index in [9.17, 15) is 0 Å². The Kier molecular flexibility index (Phi) is 6.00. The Balaban J connectivity index is 0.00000176. The third-order valence-electron chi connectivity index (χ3n) is 3.35. The number of ether oxygens (including phenoxy) is 1. The number of benzene rings is 2. The first kappa shape index (κ1) is 17.0. The van der Waals surface area contributed by atoms with Crippen LogP contribution in [0.25, 0.3) is 0 Å². The van der Waals surface area contributed by atoms with Gasteiger partial charge in [-0.2, -0.15) is 0 Å². The number of hydrogen-bond acceptors (Lipinski definition) is 4. The van der Waals surface area contributed by atoms with Crippen molar-refractivity contribution in [3.05, 3.63) is 42.5 Å². The van der Waals surface area contributed by atoms with Crippen LogP contribution in [0.3, 0.4) is 0 Å². The molecule has 0 aliphatic carbocycles. The molecule has 1 N–H and O–H groups in total. The second-order valence-corrected chi connectivity index (χ2v) is 6.47. The summed E-state index contributed by atoms with van der Waals surface area (Å²) in [5.41, 5.74) is 2.33. The maximum atomic E-state index is 5.84. The SMILES string of the molecule is CN(C)CCCOc1ccc2c(c1)Sc1ccccc1N2.Cl. The van der Waals surface area contributed by atoms with Crippen LogP contribution in [0, 0.1) is 0 Å². The number of rotatable bonds is 5. The summed E-state index contributed by atoms with van der Waals surface area (Å²) in [6.07, 6.45) is 1.04. The van der Waals surface area contributed by atoms with E-state index in [0.29, 0.717) is 0 Å². The molecule has 0 radical (unpaired) electrons. The van der Waals surface area contributed by atoms with Crippen LogP contribution in [0.1, 0.15) is 6.42 Å². The number of fused-ring (bicyclic) bond motifs is 2. The second-order valence-electron chi connectivity index (χ2n) is 5.39. The average molecular weight is 337 g/mol. The van der Waals surface area contributed by atoms with E-state index in [1.165, 1.54) is 15.5 Å². The lowest BCUT2D eigenvalue weighted by Gasteiger charge is -2.21. The Hall–Kier alpha value is -1.36. The van der Waals surface area contributed by atoms with Crippen LogP contribution in [0.2, 0.25) is 0 Å². The molecule has 3 rings (SSSR count). The van der Waals surface area contributed by atoms with E-state index in [1.807, 2.05) is 6.07 Å². The van der Waals surface area contributed by atoms with Crippen LogP contribution < -0.4 is 10.1 Å². The van der Waals surface area contributed by atoms with Crippen molar-refractivity contribution in [1.29, 1.82) is 0 Å². The van der Waals surface area contributed by atoms with E-state index < -0.39 is 0 Å². The zero-order valence-electron chi connectivity index (χ0n) is 12.8. The molecule has 1 aliphatic rings. The summed E-state index contributed by atoms with van der Waals surface area (Å²) in [5.74, 6) is 0.946. The summed E-state index contributed by atoms with van der Waals surface area (Å²) >= 11 is 1.79. The highest BCUT2D eigenvalue weighted by atomic mass is 35.5. The topological polar surface area (TPSA) is 24.5 Å². The lowest BCUT2D eigenvalue weighted by atomic mass is 10.2. The summed E-state index contributed by atoms with van der Waals surface area (Å²) in [6.45, 7) is 1.81. The Morgan fingerprint density at radius 1 is 1.05 bits per heavy atom. The number of anilines is 2. The highest BCUT2D eigenvalue weighted by Gasteiger charge is 2.15. The van der Waals surface area contributed by atoms with Crippen molar-refractivity contribution < 1.29 is 4.74 Å². The molecule has 2 aromatic rings. The van der Waals surface area contributed by atoms with Crippen molar-refractivity contribution in [3.63, 3.8) is 0 Å². The first-order valence-electron chi connectivity index (χ1n) is 7.18. The van der Waals surface area contributed by atoms with Crippen molar-refractivity contribution in [2.75, 3.05) is 32.6 Å². The first-order valence-corrected chi connectivity index (χ1v) is 7.99. The monoisotopic (exact) mass is 336 g/mol. The molecular formula is C17H21ClN2OS. The largest absolute Gasteiger partial charge is 0.494 e. The van der Waals surface area contributed by atoms with Gasteiger partial charge in [0, 0.05) is 16.3 Å². The molecule has 0 amide bonds. The third kappa shape index (κ3) is 4.09. The molecule has 0 bridgehead atoms. The number of nitrogens with one attached hydrogen (secondary N) is 1. The highest BCUT2D eigenvalue weighted by molar-refractivity contribution is 7.99. The Morgan fingerprint density at radius 3 is 2.64 bits per heavy atom. The number of para-hydroxylation sites is 1. The molecule has 3 nitrogen and oxygen atoms in total. The maximum Gasteiger partial charge on any atom is 0.120 e. The summed E-state index contributed by atoms with van der Waals surface area (Å²) in [7, 11) is 4.16. The normalized spacial score (nSPS) is 12.0. The Morgan fingerprint density at radius 2 is 1.82 bits per heavy atom. The highest BCUT2D eigenvalue weighted by Crippen LogP contribution is 2.45. The van der Waals surface area contributed by atoms with Gasteiger partial charge >= 0.3 is 0 Å². The van der Waals surface area contributed by atoms with E-state index in [-0.39, 0.29) is 12.4 Å². The average Bonchev–Trinajstić information content (AvgIpc) is 2.49. The summed E-state index contributed by atoms with van der Waals surface area (Å²) < 4.78 is 5.84. The van der Waals surface area contributed by atoms with E-state index in [1.54, 1.807) is 11.8 Å². The lowest BCUT2D eigenvalue weighted by molar-refractivity contribution is 0.281. The van der Waals surface area contributed by atoms with Crippen molar-refractivity contribution in [3.8, 4) is 5.75 Å². The molecule has 1 aliphatic heterocycles. The van der Waals surface area contributed by atoms with Gasteiger partial charge in [-0.15, -0.1) is 12.4 Å². The van der Waals surface area contributed by atoms with Crippen LogP contribution >= 0.6 is 24.2 Å². The fraction of sp³-hybridized carbons (Fsp3) is 0.294. The van der Waals surface area contributed by atoms with Gasteiger partial charge in [0.2, 0.25) is 0 Å². The predicted molar refractivity (Wildman–Crippen MR) is 96.2 cm³/mol. The van der Waals surface area contributed by atoms with Crippen molar-refractivity contribution >= 4 is 35.5 Å².